The van der Waals surface area contributed by atoms with Crippen LogP contribution in [0.3, 0.4) is 0 Å². The van der Waals surface area contributed by atoms with Gasteiger partial charge in [0.15, 0.2) is 0 Å². The third-order valence-corrected chi connectivity index (χ3v) is 5.70. The second-order valence-electron chi connectivity index (χ2n) is 7.28. The van der Waals surface area contributed by atoms with Gasteiger partial charge in [0.2, 0.25) is 0 Å². The van der Waals surface area contributed by atoms with Gasteiger partial charge in [-0.05, 0) is 74.1 Å². The van der Waals surface area contributed by atoms with Crippen molar-refractivity contribution >= 4 is 10.8 Å². The summed E-state index contributed by atoms with van der Waals surface area (Å²) in [5.41, 5.74) is 1.57. The Morgan fingerprint density at radius 3 is 2.12 bits per heavy atom. The van der Waals surface area contributed by atoms with Gasteiger partial charge in [-0.15, -0.1) is 0 Å². The molecule has 2 fully saturated rings. The molecule has 0 N–H and O–H groups in total. The van der Waals surface area contributed by atoms with Crippen molar-refractivity contribution in [2.75, 3.05) is 32.8 Å². The van der Waals surface area contributed by atoms with Crippen LogP contribution in [0.1, 0.15) is 58.4 Å². The second kappa shape index (κ2) is 9.35. The first-order valence-corrected chi connectivity index (χ1v) is 9.32. The topological polar surface area (TPSA) is 6.48 Å². The number of fused-ring (bicyclic) bond motifs is 1. The van der Waals surface area contributed by atoms with Crippen LogP contribution in [0, 0.1) is 0 Å². The van der Waals surface area contributed by atoms with Crippen molar-refractivity contribution in [3.8, 4) is 0 Å². The molecule has 0 saturated carbocycles. The molecule has 2 aromatic rings. The molecular weight excluding hydrogens is 304 g/mol. The zero-order valence-electron chi connectivity index (χ0n) is 14.1. The Labute approximate surface area is 154 Å². The minimum absolute atomic E-state index is 0. The SMILES string of the molecule is C.C.c1ccc2c(C3CCN(CN4CCCCC4)CC3)cccc2c1. The lowest BCUT2D eigenvalue weighted by atomic mass is 9.86. The highest BCUT2D eigenvalue weighted by atomic mass is 15.3. The maximum atomic E-state index is 2.67. The van der Waals surface area contributed by atoms with E-state index >= 15 is 0 Å². The van der Waals surface area contributed by atoms with Gasteiger partial charge in [-0.3, -0.25) is 9.80 Å². The molecule has 25 heavy (non-hydrogen) atoms. The second-order valence-corrected chi connectivity index (χ2v) is 7.28. The van der Waals surface area contributed by atoms with Gasteiger partial charge in [0.1, 0.15) is 0 Å². The molecule has 4 rings (SSSR count). The third-order valence-electron chi connectivity index (χ3n) is 5.70. The fraction of sp³-hybridized carbons (Fsp3) is 0.565. The summed E-state index contributed by atoms with van der Waals surface area (Å²) in [6, 6.07) is 15.7. The summed E-state index contributed by atoms with van der Waals surface area (Å²) >= 11 is 0. The van der Waals surface area contributed by atoms with Crippen molar-refractivity contribution in [2.45, 2.75) is 52.9 Å². The Hall–Kier alpha value is -1.38. The predicted octanol–water partition coefficient (Wildman–Crippen LogP) is 5.73. The van der Waals surface area contributed by atoms with Crippen LogP contribution < -0.4 is 0 Å². The molecule has 2 aliphatic heterocycles. The summed E-state index contributed by atoms with van der Waals surface area (Å²) in [6.07, 6.45) is 6.84. The fourth-order valence-electron chi connectivity index (χ4n) is 4.38. The van der Waals surface area contributed by atoms with Crippen LogP contribution in [0.4, 0.5) is 0 Å². The van der Waals surface area contributed by atoms with Crippen molar-refractivity contribution < 1.29 is 0 Å². The average molecular weight is 341 g/mol. The first kappa shape index (κ1) is 19.9. The number of benzene rings is 2. The Morgan fingerprint density at radius 1 is 0.720 bits per heavy atom. The van der Waals surface area contributed by atoms with Crippen molar-refractivity contribution in [1.29, 1.82) is 0 Å². The van der Waals surface area contributed by atoms with Crippen molar-refractivity contribution in [3.63, 3.8) is 0 Å². The molecule has 2 heteroatoms. The molecule has 0 aromatic heterocycles. The molecule has 0 spiro atoms. The van der Waals surface area contributed by atoms with E-state index in [2.05, 4.69) is 52.3 Å². The molecule has 2 nitrogen and oxygen atoms in total. The maximum Gasteiger partial charge on any atom is 0.0506 e. The lowest BCUT2D eigenvalue weighted by Crippen LogP contribution is -2.43. The molecular formula is C23H36N2. The minimum Gasteiger partial charge on any atom is -0.290 e. The summed E-state index contributed by atoms with van der Waals surface area (Å²) in [4.78, 5) is 5.33. The van der Waals surface area contributed by atoms with E-state index in [0.717, 1.165) is 5.92 Å². The molecule has 0 atom stereocenters. The van der Waals surface area contributed by atoms with Crippen LogP contribution in [0.15, 0.2) is 42.5 Å². The van der Waals surface area contributed by atoms with Crippen LogP contribution >= 0.6 is 0 Å². The van der Waals surface area contributed by atoms with Crippen LogP contribution in [-0.2, 0) is 0 Å². The molecule has 138 valence electrons. The fourth-order valence-corrected chi connectivity index (χ4v) is 4.38. The zero-order chi connectivity index (χ0) is 15.5. The van der Waals surface area contributed by atoms with Crippen molar-refractivity contribution in [3.05, 3.63) is 48.0 Å². The van der Waals surface area contributed by atoms with Gasteiger partial charge in [0.05, 0.1) is 6.67 Å². The summed E-state index contributed by atoms with van der Waals surface area (Å²) in [5.74, 6) is 0.735. The van der Waals surface area contributed by atoms with E-state index in [1.54, 1.807) is 5.56 Å². The van der Waals surface area contributed by atoms with Gasteiger partial charge in [-0.25, -0.2) is 0 Å². The van der Waals surface area contributed by atoms with E-state index in [1.165, 1.54) is 75.7 Å². The third kappa shape index (κ3) is 4.62. The van der Waals surface area contributed by atoms with Gasteiger partial charge in [0, 0.05) is 0 Å². The first-order valence-electron chi connectivity index (χ1n) is 9.32. The Kier molecular flexibility index (Phi) is 7.46. The van der Waals surface area contributed by atoms with Crippen molar-refractivity contribution in [1.82, 2.24) is 9.80 Å². The minimum atomic E-state index is 0. The zero-order valence-corrected chi connectivity index (χ0v) is 14.1. The number of hydrogen-bond donors (Lipinski definition) is 0. The summed E-state index contributed by atoms with van der Waals surface area (Å²) in [7, 11) is 0. The predicted molar refractivity (Wildman–Crippen MR) is 111 cm³/mol. The van der Waals surface area contributed by atoms with E-state index in [0.29, 0.717) is 0 Å². The normalized spacial score (nSPS) is 20.0. The van der Waals surface area contributed by atoms with E-state index in [9.17, 15) is 0 Å². The van der Waals surface area contributed by atoms with Crippen LogP contribution in [0.5, 0.6) is 0 Å². The van der Waals surface area contributed by atoms with Crippen LogP contribution in [0.2, 0.25) is 0 Å². The molecule has 2 heterocycles. The van der Waals surface area contributed by atoms with Crippen molar-refractivity contribution in [2.24, 2.45) is 0 Å². The van der Waals surface area contributed by atoms with E-state index < -0.39 is 0 Å². The highest BCUT2D eigenvalue weighted by Crippen LogP contribution is 2.33. The van der Waals surface area contributed by atoms with E-state index in [-0.39, 0.29) is 14.9 Å². The number of piperidine rings is 2. The highest BCUT2D eigenvalue weighted by molar-refractivity contribution is 5.86. The van der Waals surface area contributed by atoms with Gasteiger partial charge < -0.3 is 0 Å². The standard InChI is InChI=1S/C21H28N2.2CH4/c1-4-13-22(14-5-1)17-23-15-11-19(12-16-23)21-10-6-8-18-7-2-3-9-20(18)21;;/h2-3,6-10,19H,1,4-5,11-17H2;2*1H4. The largest absolute Gasteiger partial charge is 0.290 e. The summed E-state index contributed by atoms with van der Waals surface area (Å²) < 4.78 is 0. The van der Waals surface area contributed by atoms with Gasteiger partial charge in [-0.1, -0.05) is 63.7 Å². The molecule has 0 amide bonds. The Balaban J connectivity index is 0.00000113. The summed E-state index contributed by atoms with van der Waals surface area (Å²) in [5, 5.41) is 2.85. The van der Waals surface area contributed by atoms with Crippen LogP contribution in [-0.4, -0.2) is 42.6 Å². The molecule has 2 aliphatic rings. The van der Waals surface area contributed by atoms with E-state index in [1.807, 2.05) is 0 Å². The molecule has 0 aliphatic carbocycles. The van der Waals surface area contributed by atoms with Gasteiger partial charge in [0.25, 0.3) is 0 Å². The lowest BCUT2D eigenvalue weighted by Gasteiger charge is -2.37. The smallest absolute Gasteiger partial charge is 0.0506 e. The Morgan fingerprint density at radius 2 is 1.36 bits per heavy atom. The number of likely N-dealkylation sites (tertiary alicyclic amines) is 2. The van der Waals surface area contributed by atoms with Gasteiger partial charge in [-0.2, -0.15) is 0 Å². The lowest BCUT2D eigenvalue weighted by molar-refractivity contribution is 0.0928. The number of rotatable bonds is 3. The molecule has 0 unspecified atom stereocenters. The number of hydrogen-bond acceptors (Lipinski definition) is 2. The van der Waals surface area contributed by atoms with E-state index in [4.69, 9.17) is 0 Å². The van der Waals surface area contributed by atoms with Crippen LogP contribution in [0.25, 0.3) is 10.8 Å². The number of nitrogens with zero attached hydrogens (tertiary/aromatic N) is 2. The Bertz CT molecular complexity index is 632. The maximum absolute atomic E-state index is 2.67. The molecule has 2 aromatic carbocycles. The average Bonchev–Trinajstić information content (AvgIpc) is 2.63. The summed E-state index contributed by atoms with van der Waals surface area (Å²) in [6.45, 7) is 6.32. The highest BCUT2D eigenvalue weighted by Gasteiger charge is 2.23. The first-order chi connectivity index (χ1) is 11.4. The monoisotopic (exact) mass is 340 g/mol. The molecule has 0 bridgehead atoms. The van der Waals surface area contributed by atoms with Gasteiger partial charge >= 0.3 is 0 Å². The molecule has 0 radical (unpaired) electrons. The molecule has 2 saturated heterocycles. The quantitative estimate of drug-likeness (QED) is 0.703.